The van der Waals surface area contributed by atoms with Crippen molar-refractivity contribution in [3.8, 4) is 0 Å². The first-order valence-electron chi connectivity index (χ1n) is 8.00. The van der Waals surface area contributed by atoms with Crippen LogP contribution in [0.2, 0.25) is 0 Å². The summed E-state index contributed by atoms with van der Waals surface area (Å²) in [6.45, 7) is 0.785. The first-order valence-corrected chi connectivity index (χ1v) is 8.00. The van der Waals surface area contributed by atoms with E-state index in [1.54, 1.807) is 0 Å². The quantitative estimate of drug-likeness (QED) is 0.675. The van der Waals surface area contributed by atoms with E-state index in [1.165, 1.54) is 16.7 Å². The van der Waals surface area contributed by atoms with Gasteiger partial charge in [0.15, 0.2) is 5.54 Å². The molecule has 23 heavy (non-hydrogen) atoms. The average Bonchev–Trinajstić information content (AvgIpc) is 2.65. The van der Waals surface area contributed by atoms with Gasteiger partial charge in [-0.3, -0.25) is 0 Å². The summed E-state index contributed by atoms with van der Waals surface area (Å²) < 4.78 is 0. The number of hydrogen-bond acceptors (Lipinski definition) is 1. The predicted molar refractivity (Wildman–Crippen MR) is 93.1 cm³/mol. The van der Waals surface area contributed by atoms with Crippen LogP contribution in [0.25, 0.3) is 0 Å². The molecule has 3 rings (SSSR count). The Morgan fingerprint density at radius 3 is 1.26 bits per heavy atom. The van der Waals surface area contributed by atoms with E-state index in [2.05, 4.69) is 78.1 Å². The summed E-state index contributed by atoms with van der Waals surface area (Å²) in [5.74, 6) is 0. The van der Waals surface area contributed by atoms with E-state index in [0.29, 0.717) is 6.54 Å². The summed E-state index contributed by atoms with van der Waals surface area (Å²) in [7, 11) is 0. The monoisotopic (exact) mass is 304 g/mol. The minimum absolute atomic E-state index is 0.147. The molecule has 0 aromatic heterocycles. The molecule has 0 saturated carbocycles. The van der Waals surface area contributed by atoms with E-state index in [4.69, 9.17) is 0 Å². The van der Waals surface area contributed by atoms with Crippen LogP contribution in [-0.2, 0) is 5.54 Å². The molecule has 0 bridgehead atoms. The van der Waals surface area contributed by atoms with E-state index in [-0.39, 0.29) is 12.1 Å². The van der Waals surface area contributed by atoms with E-state index in [9.17, 15) is 5.11 Å². The maximum atomic E-state index is 9.44. The van der Waals surface area contributed by atoms with Crippen LogP contribution in [0.5, 0.6) is 0 Å². The van der Waals surface area contributed by atoms with Gasteiger partial charge >= 0.3 is 0 Å². The molecular weight excluding hydrogens is 282 g/mol. The maximum Gasteiger partial charge on any atom is 0.173 e. The van der Waals surface area contributed by atoms with Crippen LogP contribution in [0.4, 0.5) is 0 Å². The maximum absolute atomic E-state index is 9.44. The third-order valence-electron chi connectivity index (χ3n) is 4.27. The van der Waals surface area contributed by atoms with Crippen molar-refractivity contribution in [3.05, 3.63) is 108 Å². The molecule has 3 aromatic rings. The first-order chi connectivity index (χ1) is 11.4. The van der Waals surface area contributed by atoms with Crippen LogP contribution in [0, 0.1) is 0 Å². The number of benzene rings is 3. The van der Waals surface area contributed by atoms with Gasteiger partial charge in [-0.05, 0) is 0 Å². The Balaban J connectivity index is 2.25. The highest BCUT2D eigenvalue weighted by Crippen LogP contribution is 2.32. The lowest BCUT2D eigenvalue weighted by molar-refractivity contribution is -0.717. The number of rotatable bonds is 6. The van der Waals surface area contributed by atoms with Gasteiger partial charge in [0.1, 0.15) is 6.54 Å². The minimum Gasteiger partial charge on any atom is -0.391 e. The summed E-state index contributed by atoms with van der Waals surface area (Å²) >= 11 is 0. The second-order valence-corrected chi connectivity index (χ2v) is 5.62. The first kappa shape index (κ1) is 15.5. The number of aliphatic hydroxyl groups is 1. The van der Waals surface area contributed by atoms with Crippen LogP contribution < -0.4 is 5.32 Å². The molecule has 0 aliphatic heterocycles. The Kier molecular flexibility index (Phi) is 4.86. The fourth-order valence-electron chi connectivity index (χ4n) is 3.24. The van der Waals surface area contributed by atoms with Gasteiger partial charge in [0.05, 0.1) is 6.61 Å². The predicted octanol–water partition coefficient (Wildman–Crippen LogP) is 2.53. The topological polar surface area (TPSA) is 36.8 Å². The molecule has 0 unspecified atom stereocenters. The summed E-state index contributed by atoms with van der Waals surface area (Å²) in [6, 6.07) is 31.5. The Morgan fingerprint density at radius 1 is 0.609 bits per heavy atom. The van der Waals surface area contributed by atoms with Crippen molar-refractivity contribution in [1.82, 2.24) is 0 Å². The molecule has 2 nitrogen and oxygen atoms in total. The Labute approximate surface area is 137 Å². The van der Waals surface area contributed by atoms with Crippen molar-refractivity contribution in [3.63, 3.8) is 0 Å². The van der Waals surface area contributed by atoms with Crippen molar-refractivity contribution < 1.29 is 10.4 Å². The van der Waals surface area contributed by atoms with Crippen molar-refractivity contribution >= 4 is 0 Å². The molecule has 0 spiro atoms. The number of hydrogen-bond donors (Lipinski definition) is 2. The molecule has 3 N–H and O–H groups in total. The molecule has 0 aliphatic rings. The molecule has 0 fully saturated rings. The van der Waals surface area contributed by atoms with E-state index < -0.39 is 0 Å². The number of quaternary nitrogens is 1. The lowest BCUT2D eigenvalue weighted by atomic mass is 9.77. The smallest absolute Gasteiger partial charge is 0.173 e. The molecule has 2 heteroatoms. The van der Waals surface area contributed by atoms with Crippen LogP contribution in [-0.4, -0.2) is 18.3 Å². The van der Waals surface area contributed by atoms with Crippen LogP contribution >= 0.6 is 0 Å². The average molecular weight is 304 g/mol. The summed E-state index contributed by atoms with van der Waals surface area (Å²) in [4.78, 5) is 0. The molecule has 3 aromatic carbocycles. The third kappa shape index (κ3) is 3.04. The van der Waals surface area contributed by atoms with Crippen LogP contribution in [0.15, 0.2) is 91.0 Å². The van der Waals surface area contributed by atoms with Crippen LogP contribution in [0.1, 0.15) is 16.7 Å². The second kappa shape index (κ2) is 7.23. The molecule has 0 heterocycles. The van der Waals surface area contributed by atoms with Crippen molar-refractivity contribution in [1.29, 1.82) is 0 Å². The molecular formula is C21H22NO+. The Morgan fingerprint density at radius 2 is 0.957 bits per heavy atom. The zero-order chi connectivity index (χ0) is 16.0. The molecule has 116 valence electrons. The molecule has 0 aliphatic carbocycles. The van der Waals surface area contributed by atoms with Gasteiger partial charge < -0.3 is 10.4 Å². The lowest BCUT2D eigenvalue weighted by Crippen LogP contribution is -2.96. The van der Waals surface area contributed by atoms with E-state index in [0.717, 1.165) is 0 Å². The highest BCUT2D eigenvalue weighted by Gasteiger charge is 2.39. The van der Waals surface area contributed by atoms with E-state index >= 15 is 0 Å². The van der Waals surface area contributed by atoms with Gasteiger partial charge in [0.2, 0.25) is 0 Å². The van der Waals surface area contributed by atoms with Crippen LogP contribution in [0.3, 0.4) is 0 Å². The Hall–Kier alpha value is -2.42. The van der Waals surface area contributed by atoms with Crippen molar-refractivity contribution in [2.24, 2.45) is 0 Å². The zero-order valence-electron chi connectivity index (χ0n) is 13.1. The van der Waals surface area contributed by atoms with Gasteiger partial charge in [-0.15, -0.1) is 0 Å². The molecule has 0 radical (unpaired) electrons. The van der Waals surface area contributed by atoms with Gasteiger partial charge in [0, 0.05) is 16.7 Å². The van der Waals surface area contributed by atoms with Gasteiger partial charge in [-0.1, -0.05) is 91.0 Å². The summed E-state index contributed by atoms with van der Waals surface area (Å²) in [5, 5.41) is 11.7. The number of aliphatic hydroxyl groups excluding tert-OH is 1. The second-order valence-electron chi connectivity index (χ2n) is 5.62. The fraction of sp³-hybridized carbons (Fsp3) is 0.143. The summed E-state index contributed by atoms with van der Waals surface area (Å²) in [5.41, 5.74) is 3.29. The molecule has 0 atom stereocenters. The highest BCUT2D eigenvalue weighted by atomic mass is 16.3. The standard InChI is InChI=1S/C21H21NO/c23-17-16-22-21(18-10-4-1-5-11-18,19-12-6-2-7-13-19)20-14-8-3-9-15-20/h1-15,22-23H,16-17H2/p+1. The molecule has 0 saturated heterocycles. The lowest BCUT2D eigenvalue weighted by Gasteiger charge is -2.33. The van der Waals surface area contributed by atoms with Crippen molar-refractivity contribution in [2.45, 2.75) is 5.54 Å². The van der Waals surface area contributed by atoms with E-state index in [1.807, 2.05) is 18.2 Å². The Bertz CT molecular complexity index is 614. The SMILES string of the molecule is OCC[NH2+]C(c1ccccc1)(c1ccccc1)c1ccccc1. The molecule has 0 amide bonds. The summed E-state index contributed by atoms with van der Waals surface area (Å²) in [6.07, 6.45) is 0. The van der Waals surface area contributed by atoms with Gasteiger partial charge in [0.25, 0.3) is 0 Å². The normalized spacial score (nSPS) is 11.3. The highest BCUT2D eigenvalue weighted by molar-refractivity contribution is 5.46. The number of nitrogens with two attached hydrogens (primary N) is 1. The largest absolute Gasteiger partial charge is 0.391 e. The zero-order valence-corrected chi connectivity index (χ0v) is 13.1. The van der Waals surface area contributed by atoms with Crippen molar-refractivity contribution in [2.75, 3.05) is 13.2 Å². The minimum atomic E-state index is -0.355. The van der Waals surface area contributed by atoms with Gasteiger partial charge in [-0.25, -0.2) is 0 Å². The fourth-order valence-corrected chi connectivity index (χ4v) is 3.24. The third-order valence-corrected chi connectivity index (χ3v) is 4.27. The van der Waals surface area contributed by atoms with Gasteiger partial charge in [-0.2, -0.15) is 0 Å².